The predicted molar refractivity (Wildman–Crippen MR) is 73.5 cm³/mol. The van der Waals surface area contributed by atoms with Crippen molar-refractivity contribution in [1.29, 1.82) is 5.26 Å². The van der Waals surface area contributed by atoms with Crippen molar-refractivity contribution in [2.75, 3.05) is 12.4 Å². The van der Waals surface area contributed by atoms with Gasteiger partial charge in [-0.05, 0) is 44.9 Å². The Balaban J connectivity index is 1.60. The minimum absolute atomic E-state index is 0.256. The van der Waals surface area contributed by atoms with E-state index in [1.54, 1.807) is 0 Å². The molecule has 3 atom stereocenters. The monoisotopic (exact) mass is 266 g/mol. The molecule has 18 heavy (non-hydrogen) atoms. The summed E-state index contributed by atoms with van der Waals surface area (Å²) in [5.41, 5.74) is -0.256. The van der Waals surface area contributed by atoms with E-state index in [0.29, 0.717) is 23.3 Å². The molecule has 2 saturated carbocycles. The van der Waals surface area contributed by atoms with E-state index in [2.05, 4.69) is 18.3 Å². The molecule has 0 aromatic carbocycles. The van der Waals surface area contributed by atoms with Gasteiger partial charge in [-0.1, -0.05) is 0 Å². The zero-order valence-corrected chi connectivity index (χ0v) is 11.8. The predicted octanol–water partition coefficient (Wildman–Crippen LogP) is 2.32. The average Bonchev–Trinajstić information content (AvgIpc) is 3.26. The van der Waals surface area contributed by atoms with Crippen LogP contribution in [-0.4, -0.2) is 35.3 Å². The van der Waals surface area contributed by atoms with Crippen LogP contribution >= 0.6 is 11.8 Å². The lowest BCUT2D eigenvalue weighted by Gasteiger charge is -2.29. The summed E-state index contributed by atoms with van der Waals surface area (Å²) in [6.07, 6.45) is 6.45. The highest BCUT2D eigenvalue weighted by atomic mass is 32.2. The minimum atomic E-state index is -0.256. The van der Waals surface area contributed by atoms with E-state index in [-0.39, 0.29) is 5.54 Å². The molecule has 1 aliphatic heterocycles. The van der Waals surface area contributed by atoms with Gasteiger partial charge in [0.05, 0.1) is 12.2 Å². The molecular formula is C14H22N2OS. The first kappa shape index (κ1) is 12.8. The summed E-state index contributed by atoms with van der Waals surface area (Å²) in [5, 5.41) is 13.9. The molecule has 0 amide bonds. The van der Waals surface area contributed by atoms with Crippen LogP contribution in [0.1, 0.15) is 39.0 Å². The zero-order valence-electron chi connectivity index (χ0n) is 11.0. The lowest BCUT2D eigenvalue weighted by molar-refractivity contribution is 0.127. The maximum absolute atomic E-state index is 9.65. The molecule has 3 nitrogen and oxygen atoms in total. The first-order chi connectivity index (χ1) is 8.73. The van der Waals surface area contributed by atoms with E-state index in [4.69, 9.17) is 4.74 Å². The van der Waals surface area contributed by atoms with Crippen LogP contribution in [0.2, 0.25) is 0 Å². The number of ether oxygens (including phenoxy) is 1. The van der Waals surface area contributed by atoms with Crippen LogP contribution in [0.3, 0.4) is 0 Å². The van der Waals surface area contributed by atoms with Crippen LogP contribution in [0, 0.1) is 17.2 Å². The molecule has 100 valence electrons. The second-order valence-corrected chi connectivity index (χ2v) is 7.22. The molecule has 0 aromatic heterocycles. The SMILES string of the molecule is CC1OCCC1SCC(C#N)(NC1CC1)C1CC1. The Kier molecular flexibility index (Phi) is 3.57. The second-order valence-electron chi connectivity index (χ2n) is 5.99. The fourth-order valence-corrected chi connectivity index (χ4v) is 4.24. The van der Waals surface area contributed by atoms with Crippen molar-refractivity contribution >= 4 is 11.8 Å². The third kappa shape index (κ3) is 2.68. The van der Waals surface area contributed by atoms with Crippen molar-refractivity contribution in [3.63, 3.8) is 0 Å². The highest BCUT2D eigenvalue weighted by Crippen LogP contribution is 2.44. The molecule has 3 unspecified atom stereocenters. The lowest BCUT2D eigenvalue weighted by Crippen LogP contribution is -2.50. The van der Waals surface area contributed by atoms with Gasteiger partial charge >= 0.3 is 0 Å². The third-order valence-corrected chi connectivity index (χ3v) is 6.01. The summed E-state index contributed by atoms with van der Waals surface area (Å²) in [4.78, 5) is 0. The maximum Gasteiger partial charge on any atom is 0.118 e. The number of nitriles is 1. The van der Waals surface area contributed by atoms with Gasteiger partial charge in [0.25, 0.3) is 0 Å². The van der Waals surface area contributed by atoms with Gasteiger partial charge in [-0.3, -0.25) is 5.32 Å². The summed E-state index contributed by atoms with van der Waals surface area (Å²) in [6.45, 7) is 3.04. The molecule has 1 N–H and O–H groups in total. The molecule has 3 rings (SSSR count). The number of rotatable bonds is 6. The van der Waals surface area contributed by atoms with E-state index in [0.717, 1.165) is 18.8 Å². The Bertz CT molecular complexity index is 348. The average molecular weight is 266 g/mol. The Morgan fingerprint density at radius 3 is 2.61 bits per heavy atom. The highest BCUT2D eigenvalue weighted by molar-refractivity contribution is 8.00. The van der Waals surface area contributed by atoms with Crippen molar-refractivity contribution in [2.45, 2.75) is 62.0 Å². The van der Waals surface area contributed by atoms with E-state index < -0.39 is 0 Å². The molecule has 1 saturated heterocycles. The Labute approximate surface area is 114 Å². The van der Waals surface area contributed by atoms with Crippen molar-refractivity contribution < 1.29 is 4.74 Å². The molecule has 1 heterocycles. The number of nitrogens with one attached hydrogen (secondary N) is 1. The van der Waals surface area contributed by atoms with Crippen LogP contribution in [0.4, 0.5) is 0 Å². The van der Waals surface area contributed by atoms with Crippen LogP contribution < -0.4 is 5.32 Å². The first-order valence-corrected chi connectivity index (χ1v) is 8.20. The fourth-order valence-electron chi connectivity index (χ4n) is 2.77. The second kappa shape index (κ2) is 5.03. The summed E-state index contributed by atoms with van der Waals surface area (Å²) < 4.78 is 5.61. The normalized spacial score (nSPS) is 35.1. The van der Waals surface area contributed by atoms with Gasteiger partial charge in [-0.15, -0.1) is 0 Å². The van der Waals surface area contributed by atoms with E-state index >= 15 is 0 Å². The lowest BCUT2D eigenvalue weighted by atomic mass is 9.97. The Hall–Kier alpha value is -0.240. The van der Waals surface area contributed by atoms with Gasteiger partial charge in [-0.25, -0.2) is 0 Å². The molecule has 4 heteroatoms. The largest absolute Gasteiger partial charge is 0.377 e. The number of hydrogen-bond donors (Lipinski definition) is 1. The van der Waals surface area contributed by atoms with E-state index in [1.165, 1.54) is 25.7 Å². The first-order valence-electron chi connectivity index (χ1n) is 7.16. The van der Waals surface area contributed by atoms with Crippen LogP contribution in [0.25, 0.3) is 0 Å². The van der Waals surface area contributed by atoms with Crippen LogP contribution in [0.5, 0.6) is 0 Å². The van der Waals surface area contributed by atoms with Gasteiger partial charge in [0.2, 0.25) is 0 Å². The molecule has 3 fully saturated rings. The van der Waals surface area contributed by atoms with E-state index in [1.807, 2.05) is 11.8 Å². The molecule has 2 aliphatic carbocycles. The van der Waals surface area contributed by atoms with Crippen molar-refractivity contribution in [3.8, 4) is 6.07 Å². The summed E-state index contributed by atoms with van der Waals surface area (Å²) in [7, 11) is 0. The van der Waals surface area contributed by atoms with Crippen LogP contribution in [0.15, 0.2) is 0 Å². The molecule has 0 bridgehead atoms. The quantitative estimate of drug-likeness (QED) is 0.801. The standard InChI is InChI=1S/C14H22N2OS/c1-10-13(6-7-17-10)18-9-14(8-15,11-2-3-11)16-12-4-5-12/h10-13,16H,2-7,9H2,1H3. The smallest absolute Gasteiger partial charge is 0.118 e. The number of nitrogens with zero attached hydrogens (tertiary/aromatic N) is 1. The zero-order chi connectivity index (χ0) is 12.6. The third-order valence-electron chi connectivity index (χ3n) is 4.34. The summed E-state index contributed by atoms with van der Waals surface area (Å²) >= 11 is 1.95. The molecule has 3 aliphatic rings. The van der Waals surface area contributed by atoms with Gasteiger partial charge < -0.3 is 4.74 Å². The fraction of sp³-hybridized carbons (Fsp3) is 0.929. The van der Waals surface area contributed by atoms with Crippen molar-refractivity contribution in [1.82, 2.24) is 5.32 Å². The van der Waals surface area contributed by atoms with Gasteiger partial charge in [0, 0.05) is 23.7 Å². The Morgan fingerprint density at radius 1 is 1.33 bits per heavy atom. The van der Waals surface area contributed by atoms with E-state index in [9.17, 15) is 5.26 Å². The maximum atomic E-state index is 9.65. The number of thioether (sulfide) groups is 1. The molecule has 0 spiro atoms. The van der Waals surface area contributed by atoms with Crippen molar-refractivity contribution in [2.24, 2.45) is 5.92 Å². The molecule has 0 radical (unpaired) electrons. The topological polar surface area (TPSA) is 45.0 Å². The van der Waals surface area contributed by atoms with Crippen LogP contribution in [-0.2, 0) is 4.74 Å². The van der Waals surface area contributed by atoms with Crippen molar-refractivity contribution in [3.05, 3.63) is 0 Å². The van der Waals surface area contributed by atoms with Gasteiger partial charge in [-0.2, -0.15) is 17.0 Å². The summed E-state index contributed by atoms with van der Waals surface area (Å²) in [6, 6.07) is 3.23. The summed E-state index contributed by atoms with van der Waals surface area (Å²) in [5.74, 6) is 1.52. The molecule has 0 aromatic rings. The Morgan fingerprint density at radius 2 is 2.11 bits per heavy atom. The van der Waals surface area contributed by atoms with Gasteiger partial charge in [0.15, 0.2) is 0 Å². The number of hydrogen-bond acceptors (Lipinski definition) is 4. The molecular weight excluding hydrogens is 244 g/mol. The van der Waals surface area contributed by atoms with Gasteiger partial charge in [0.1, 0.15) is 5.54 Å². The minimum Gasteiger partial charge on any atom is -0.377 e. The highest BCUT2D eigenvalue weighted by Gasteiger charge is 2.48.